The first kappa shape index (κ1) is 18.5. The first-order valence-corrected chi connectivity index (χ1v) is 10.8. The lowest BCUT2D eigenvalue weighted by Crippen LogP contribution is -2.63. The second-order valence-electron chi connectivity index (χ2n) is 8.83. The van der Waals surface area contributed by atoms with Crippen LogP contribution in [0.2, 0.25) is 0 Å². The predicted molar refractivity (Wildman–Crippen MR) is 110 cm³/mol. The number of hydrogen-bond donors (Lipinski definition) is 5. The normalized spacial score (nSPS) is 36.9. The van der Waals surface area contributed by atoms with E-state index in [4.69, 9.17) is 9.47 Å². The van der Waals surface area contributed by atoms with Gasteiger partial charge >= 0.3 is 0 Å². The Kier molecular flexibility index (Phi) is 5.09. The van der Waals surface area contributed by atoms with E-state index in [0.717, 1.165) is 48.5 Å². The van der Waals surface area contributed by atoms with Crippen LogP contribution in [0.5, 0.6) is 11.5 Å². The lowest BCUT2D eigenvalue weighted by atomic mass is 9.93. The van der Waals surface area contributed by atoms with E-state index in [1.807, 2.05) is 7.05 Å². The molecule has 1 aliphatic carbocycles. The SMILES string of the molecule is CNC1CC(C)NC(Nc2cc3c(c(C4C[C@H]5CNC[C@H]5C4)c2)OCCO3)N1. The number of anilines is 1. The molecule has 3 fully saturated rings. The number of hydrogen-bond acceptors (Lipinski definition) is 7. The molecule has 3 heterocycles. The van der Waals surface area contributed by atoms with Gasteiger partial charge in [0.2, 0.25) is 0 Å². The van der Waals surface area contributed by atoms with Gasteiger partial charge in [0.05, 0.1) is 6.17 Å². The number of ether oxygens (including phenoxy) is 2. The van der Waals surface area contributed by atoms with Crippen molar-refractivity contribution in [1.29, 1.82) is 0 Å². The van der Waals surface area contributed by atoms with Gasteiger partial charge in [-0.2, -0.15) is 0 Å². The fraction of sp³-hybridized carbons (Fsp3) is 0.714. The molecule has 154 valence electrons. The first-order valence-electron chi connectivity index (χ1n) is 10.8. The number of rotatable bonds is 4. The largest absolute Gasteiger partial charge is 0.486 e. The minimum absolute atomic E-state index is 0.0174. The van der Waals surface area contributed by atoms with Crippen LogP contribution >= 0.6 is 0 Å². The van der Waals surface area contributed by atoms with Gasteiger partial charge in [-0.25, -0.2) is 0 Å². The highest BCUT2D eigenvalue weighted by atomic mass is 16.6. The molecule has 28 heavy (non-hydrogen) atoms. The molecule has 1 saturated carbocycles. The minimum atomic E-state index is 0.0174. The quantitative estimate of drug-likeness (QED) is 0.534. The van der Waals surface area contributed by atoms with Crippen molar-refractivity contribution in [2.24, 2.45) is 11.8 Å². The highest BCUT2D eigenvalue weighted by molar-refractivity contribution is 5.61. The molecule has 6 atom stereocenters. The van der Waals surface area contributed by atoms with Crippen molar-refractivity contribution >= 4 is 5.69 Å². The van der Waals surface area contributed by atoms with Crippen LogP contribution < -0.4 is 36.1 Å². The molecular weight excluding hydrogens is 354 g/mol. The molecule has 4 aliphatic rings. The summed E-state index contributed by atoms with van der Waals surface area (Å²) in [5.74, 6) is 4.03. The molecule has 3 aliphatic heterocycles. The fourth-order valence-electron chi connectivity index (χ4n) is 5.46. The number of nitrogens with one attached hydrogen (secondary N) is 5. The summed E-state index contributed by atoms with van der Waals surface area (Å²) >= 11 is 0. The third-order valence-corrected chi connectivity index (χ3v) is 6.83. The molecule has 1 aromatic rings. The lowest BCUT2D eigenvalue weighted by molar-refractivity contribution is 0.169. The van der Waals surface area contributed by atoms with Crippen molar-refractivity contribution in [3.05, 3.63) is 17.7 Å². The summed E-state index contributed by atoms with van der Waals surface area (Å²) in [5, 5.41) is 17.7. The number of benzene rings is 1. The standard InChI is InChI=1S/C21H33N5O2/c1-12-5-19(22-2)26-21(24-12)25-16-8-17(20-18(9-16)27-3-4-28-20)13-6-14-10-23-11-15(14)7-13/h8-9,12-15,19,21-26H,3-7,10-11H2,1-2H3/t12?,13?,14-,15+,19?,21?. The maximum absolute atomic E-state index is 6.08. The van der Waals surface area contributed by atoms with E-state index in [9.17, 15) is 0 Å². The second kappa shape index (κ2) is 7.71. The molecule has 7 heteroatoms. The van der Waals surface area contributed by atoms with Crippen LogP contribution in [0.3, 0.4) is 0 Å². The Hall–Kier alpha value is -1.54. The monoisotopic (exact) mass is 387 g/mol. The molecular formula is C21H33N5O2. The van der Waals surface area contributed by atoms with E-state index in [1.54, 1.807) is 0 Å². The van der Waals surface area contributed by atoms with Gasteiger partial charge in [0, 0.05) is 23.4 Å². The van der Waals surface area contributed by atoms with E-state index in [1.165, 1.54) is 18.4 Å². The summed E-state index contributed by atoms with van der Waals surface area (Å²) in [6, 6.07) is 4.82. The predicted octanol–water partition coefficient (Wildman–Crippen LogP) is 1.38. The average molecular weight is 388 g/mol. The van der Waals surface area contributed by atoms with Crippen molar-refractivity contribution in [2.75, 3.05) is 38.7 Å². The van der Waals surface area contributed by atoms with E-state index < -0.39 is 0 Å². The van der Waals surface area contributed by atoms with E-state index in [2.05, 4.69) is 45.6 Å². The van der Waals surface area contributed by atoms with Gasteiger partial charge in [0.15, 0.2) is 11.5 Å². The zero-order chi connectivity index (χ0) is 19.1. The van der Waals surface area contributed by atoms with Gasteiger partial charge in [-0.05, 0) is 70.1 Å². The zero-order valence-corrected chi connectivity index (χ0v) is 16.9. The molecule has 0 amide bonds. The van der Waals surface area contributed by atoms with Crippen molar-refractivity contribution in [2.45, 2.75) is 50.6 Å². The summed E-state index contributed by atoms with van der Waals surface area (Å²) in [6.07, 6.45) is 3.86. The molecule has 0 spiro atoms. The fourth-order valence-corrected chi connectivity index (χ4v) is 5.46. The van der Waals surface area contributed by atoms with Crippen molar-refractivity contribution in [3.63, 3.8) is 0 Å². The van der Waals surface area contributed by atoms with Gasteiger partial charge in [0.1, 0.15) is 19.5 Å². The van der Waals surface area contributed by atoms with Crippen LogP contribution in [0.15, 0.2) is 12.1 Å². The van der Waals surface area contributed by atoms with Gasteiger partial charge in [-0.15, -0.1) is 0 Å². The first-order chi connectivity index (χ1) is 13.7. The molecule has 2 saturated heterocycles. The van der Waals surface area contributed by atoms with E-state index in [-0.39, 0.29) is 6.29 Å². The Morgan fingerprint density at radius 2 is 1.79 bits per heavy atom. The topological polar surface area (TPSA) is 78.6 Å². The van der Waals surface area contributed by atoms with Gasteiger partial charge in [-0.3, -0.25) is 10.6 Å². The second-order valence-corrected chi connectivity index (χ2v) is 8.83. The lowest BCUT2D eigenvalue weighted by Gasteiger charge is -2.37. The molecule has 0 bridgehead atoms. The Labute approximate surface area is 167 Å². The van der Waals surface area contributed by atoms with E-state index in [0.29, 0.717) is 31.3 Å². The highest BCUT2D eigenvalue weighted by Crippen LogP contribution is 2.50. The summed E-state index contributed by atoms with van der Waals surface area (Å²) in [6.45, 7) is 5.81. The Balaban J connectivity index is 1.39. The van der Waals surface area contributed by atoms with Crippen LogP contribution in [-0.2, 0) is 0 Å². The maximum Gasteiger partial charge on any atom is 0.164 e. The maximum atomic E-state index is 6.08. The van der Waals surface area contributed by atoms with Crippen LogP contribution in [0, 0.1) is 11.8 Å². The summed E-state index contributed by atoms with van der Waals surface area (Å²) in [5.41, 5.74) is 2.41. The smallest absolute Gasteiger partial charge is 0.164 e. The Bertz CT molecular complexity index is 702. The Morgan fingerprint density at radius 1 is 1.00 bits per heavy atom. The number of fused-ring (bicyclic) bond motifs is 2. The molecule has 4 unspecified atom stereocenters. The van der Waals surface area contributed by atoms with Crippen LogP contribution in [-0.4, -0.2) is 51.8 Å². The van der Waals surface area contributed by atoms with Crippen molar-refractivity contribution in [3.8, 4) is 11.5 Å². The van der Waals surface area contributed by atoms with Crippen LogP contribution in [0.25, 0.3) is 0 Å². The molecule has 0 aromatic heterocycles. The molecule has 7 nitrogen and oxygen atoms in total. The van der Waals surface area contributed by atoms with Gasteiger partial charge in [0.25, 0.3) is 0 Å². The summed E-state index contributed by atoms with van der Waals surface area (Å²) < 4.78 is 12.1. The minimum Gasteiger partial charge on any atom is -0.486 e. The third-order valence-electron chi connectivity index (χ3n) is 6.83. The van der Waals surface area contributed by atoms with E-state index >= 15 is 0 Å². The van der Waals surface area contributed by atoms with Gasteiger partial charge < -0.3 is 25.4 Å². The third kappa shape index (κ3) is 3.56. The summed E-state index contributed by atoms with van der Waals surface area (Å²) in [7, 11) is 2.00. The summed E-state index contributed by atoms with van der Waals surface area (Å²) in [4.78, 5) is 0. The van der Waals surface area contributed by atoms with Gasteiger partial charge in [-0.1, -0.05) is 0 Å². The zero-order valence-electron chi connectivity index (χ0n) is 16.9. The van der Waals surface area contributed by atoms with Crippen molar-refractivity contribution in [1.82, 2.24) is 21.3 Å². The highest BCUT2D eigenvalue weighted by Gasteiger charge is 2.39. The van der Waals surface area contributed by atoms with Crippen LogP contribution in [0.4, 0.5) is 5.69 Å². The Morgan fingerprint density at radius 3 is 2.57 bits per heavy atom. The molecule has 5 rings (SSSR count). The molecule has 1 aromatic carbocycles. The van der Waals surface area contributed by atoms with Crippen LogP contribution in [0.1, 0.15) is 37.7 Å². The molecule has 5 N–H and O–H groups in total. The van der Waals surface area contributed by atoms with Crippen molar-refractivity contribution < 1.29 is 9.47 Å². The average Bonchev–Trinajstić information content (AvgIpc) is 3.29. The molecule has 0 radical (unpaired) electrons.